The van der Waals surface area contributed by atoms with E-state index in [2.05, 4.69) is 50.5 Å². The highest BCUT2D eigenvalue weighted by molar-refractivity contribution is 6.07. The number of nitrogens with one attached hydrogen (secondary N) is 1. The highest BCUT2D eigenvalue weighted by atomic mass is 16.2. The van der Waals surface area contributed by atoms with Crippen LogP contribution in [0.3, 0.4) is 0 Å². The molecule has 182 valence electrons. The molecule has 0 atom stereocenters. The summed E-state index contributed by atoms with van der Waals surface area (Å²) in [6.07, 6.45) is 2.57. The van der Waals surface area contributed by atoms with Gasteiger partial charge in [-0.25, -0.2) is 4.68 Å². The minimum atomic E-state index is -0.246. The number of hydrogen-bond donors (Lipinski definition) is 1. The summed E-state index contributed by atoms with van der Waals surface area (Å²) < 4.78 is 3.13. The van der Waals surface area contributed by atoms with Crippen molar-refractivity contribution in [1.82, 2.24) is 29.5 Å². The smallest absolute Gasteiger partial charge is 0.291 e. The summed E-state index contributed by atoms with van der Waals surface area (Å²) in [6, 6.07) is 18.5. The number of hydrogen-bond acceptors (Lipinski definition) is 5. The Morgan fingerprint density at radius 3 is 2.46 bits per heavy atom. The molecule has 2 aromatic heterocycles. The van der Waals surface area contributed by atoms with Crippen molar-refractivity contribution < 1.29 is 4.79 Å². The highest BCUT2D eigenvalue weighted by Crippen LogP contribution is 2.24. The molecule has 0 radical (unpaired) electrons. The Labute approximate surface area is 204 Å². The number of aromatic nitrogens is 3. The van der Waals surface area contributed by atoms with E-state index in [1.807, 2.05) is 35.9 Å². The zero-order valence-electron chi connectivity index (χ0n) is 20.2. The Bertz CT molecular complexity index is 1370. The van der Waals surface area contributed by atoms with Gasteiger partial charge in [0.05, 0.1) is 6.20 Å². The van der Waals surface area contributed by atoms with Gasteiger partial charge in [0.2, 0.25) is 5.91 Å². The van der Waals surface area contributed by atoms with Crippen molar-refractivity contribution in [3.05, 3.63) is 76.7 Å². The Morgan fingerprint density at radius 2 is 1.66 bits per heavy atom. The lowest BCUT2D eigenvalue weighted by atomic mass is 10.2. The van der Waals surface area contributed by atoms with Gasteiger partial charge in [0.15, 0.2) is 0 Å². The number of carbonyl (C=O) groups excluding carboxylic acids is 1. The van der Waals surface area contributed by atoms with Crippen LogP contribution in [0.1, 0.15) is 12.0 Å². The van der Waals surface area contributed by atoms with Gasteiger partial charge in [-0.2, -0.15) is 5.10 Å². The largest absolute Gasteiger partial charge is 0.354 e. The monoisotopic (exact) mass is 472 g/mol. The molecule has 1 fully saturated rings. The molecule has 1 aliphatic rings. The second-order valence-corrected chi connectivity index (χ2v) is 9.25. The molecule has 8 heteroatoms. The molecule has 0 bridgehead atoms. The fraction of sp³-hybridized carbons (Fsp3) is 0.370. The molecule has 0 saturated carbocycles. The lowest BCUT2D eigenvalue weighted by Crippen LogP contribution is -2.46. The van der Waals surface area contributed by atoms with Gasteiger partial charge in [-0.3, -0.25) is 14.5 Å². The molecular weight excluding hydrogens is 440 g/mol. The van der Waals surface area contributed by atoms with Crippen LogP contribution in [0.4, 0.5) is 0 Å². The molecule has 4 aromatic rings. The number of amides is 1. The van der Waals surface area contributed by atoms with Crippen molar-refractivity contribution in [1.29, 1.82) is 0 Å². The summed E-state index contributed by atoms with van der Waals surface area (Å²) in [6.45, 7) is 6.69. The first-order valence-corrected chi connectivity index (χ1v) is 12.3. The number of benzene rings is 2. The normalized spacial score (nSPS) is 15.1. The molecule has 8 nitrogen and oxygen atoms in total. The van der Waals surface area contributed by atoms with Crippen molar-refractivity contribution in [2.75, 3.05) is 39.3 Å². The third-order valence-corrected chi connectivity index (χ3v) is 6.89. The second kappa shape index (κ2) is 10.4. The first-order chi connectivity index (χ1) is 17.1. The molecule has 1 saturated heterocycles. The van der Waals surface area contributed by atoms with Gasteiger partial charge in [0, 0.05) is 62.6 Å². The molecule has 5 rings (SSSR count). The van der Waals surface area contributed by atoms with Gasteiger partial charge in [0.25, 0.3) is 5.56 Å². The van der Waals surface area contributed by atoms with Crippen molar-refractivity contribution in [2.45, 2.75) is 19.5 Å². The maximum Gasteiger partial charge on any atom is 0.291 e. The van der Waals surface area contributed by atoms with E-state index in [1.165, 1.54) is 10.2 Å². The van der Waals surface area contributed by atoms with Crippen LogP contribution in [0, 0.1) is 0 Å². The number of piperazine rings is 1. The fourth-order valence-corrected chi connectivity index (χ4v) is 4.96. The van der Waals surface area contributed by atoms with Gasteiger partial charge >= 0.3 is 0 Å². The summed E-state index contributed by atoms with van der Waals surface area (Å²) in [5.41, 5.74) is 2.66. The van der Waals surface area contributed by atoms with Gasteiger partial charge < -0.3 is 14.8 Å². The van der Waals surface area contributed by atoms with Crippen LogP contribution in [-0.2, 0) is 24.9 Å². The molecule has 2 aromatic carbocycles. The Balaban J connectivity index is 1.08. The van der Waals surface area contributed by atoms with Crippen molar-refractivity contribution >= 4 is 27.7 Å². The fourth-order valence-electron chi connectivity index (χ4n) is 4.96. The quantitative estimate of drug-likeness (QED) is 0.398. The molecule has 1 N–H and O–H groups in total. The molecule has 3 heterocycles. The predicted molar refractivity (Wildman–Crippen MR) is 138 cm³/mol. The van der Waals surface area contributed by atoms with Gasteiger partial charge in [-0.1, -0.05) is 48.5 Å². The molecule has 0 spiro atoms. The van der Waals surface area contributed by atoms with Gasteiger partial charge in [-0.15, -0.1) is 0 Å². The van der Waals surface area contributed by atoms with Crippen LogP contribution in [0.5, 0.6) is 0 Å². The van der Waals surface area contributed by atoms with Crippen molar-refractivity contribution in [3.63, 3.8) is 0 Å². The lowest BCUT2D eigenvalue weighted by molar-refractivity contribution is -0.121. The number of aryl methyl sites for hydroxylation is 1. The third kappa shape index (κ3) is 5.13. The highest BCUT2D eigenvalue weighted by Gasteiger charge is 2.17. The molecule has 1 amide bonds. The summed E-state index contributed by atoms with van der Waals surface area (Å²) >= 11 is 0. The lowest BCUT2D eigenvalue weighted by Gasteiger charge is -2.34. The summed E-state index contributed by atoms with van der Waals surface area (Å²) in [4.78, 5) is 30.5. The Morgan fingerprint density at radius 1 is 0.943 bits per heavy atom. The molecule has 1 aliphatic heterocycles. The van der Waals surface area contributed by atoms with Gasteiger partial charge in [0.1, 0.15) is 12.1 Å². The molecular formula is C27H32N6O2. The van der Waals surface area contributed by atoms with E-state index >= 15 is 0 Å². The van der Waals surface area contributed by atoms with Crippen LogP contribution >= 0.6 is 0 Å². The molecule has 0 aliphatic carbocycles. The van der Waals surface area contributed by atoms with E-state index in [4.69, 9.17) is 0 Å². The van der Waals surface area contributed by atoms with Crippen LogP contribution in [0.15, 0.2) is 65.6 Å². The predicted octanol–water partition coefficient (Wildman–Crippen LogP) is 2.21. The van der Waals surface area contributed by atoms with Crippen molar-refractivity contribution in [3.8, 4) is 0 Å². The number of nitrogens with zero attached hydrogens (tertiary/aromatic N) is 5. The summed E-state index contributed by atoms with van der Waals surface area (Å²) in [7, 11) is 1.87. The van der Waals surface area contributed by atoms with Crippen LogP contribution in [0.25, 0.3) is 21.8 Å². The molecule has 0 unspecified atom stereocenters. The Kier molecular flexibility index (Phi) is 6.92. The standard InChI is InChI=1S/C27H32N6O2/c1-30-24-11-6-5-10-22(24)23-18-29-33(27(35)26(23)30)20-25(34)28-12-7-13-31-14-16-32(17-15-31)19-21-8-3-2-4-9-21/h2-6,8-11,18H,7,12-17,19-20H2,1H3,(H,28,34). The van der Waals surface area contributed by atoms with E-state index in [9.17, 15) is 9.59 Å². The zero-order chi connectivity index (χ0) is 24.2. The summed E-state index contributed by atoms with van der Waals surface area (Å²) in [5.74, 6) is -0.189. The van der Waals surface area contributed by atoms with Crippen LogP contribution in [-0.4, -0.2) is 69.3 Å². The average Bonchev–Trinajstić information content (AvgIpc) is 3.18. The van der Waals surface area contributed by atoms with E-state index < -0.39 is 0 Å². The van der Waals surface area contributed by atoms with E-state index in [0.717, 1.165) is 62.0 Å². The minimum Gasteiger partial charge on any atom is -0.354 e. The third-order valence-electron chi connectivity index (χ3n) is 6.89. The SMILES string of the molecule is Cn1c2ccccc2c2cnn(CC(=O)NCCCN3CCN(Cc4ccccc4)CC3)c(=O)c21. The summed E-state index contributed by atoms with van der Waals surface area (Å²) in [5, 5.41) is 9.02. The first kappa shape index (κ1) is 23.3. The number of fused-ring (bicyclic) bond motifs is 3. The Hall–Kier alpha value is -3.49. The first-order valence-electron chi connectivity index (χ1n) is 12.3. The number of rotatable bonds is 8. The second-order valence-electron chi connectivity index (χ2n) is 9.25. The maximum atomic E-state index is 13.0. The minimum absolute atomic E-state index is 0.0749. The molecule has 35 heavy (non-hydrogen) atoms. The van der Waals surface area contributed by atoms with E-state index in [0.29, 0.717) is 12.1 Å². The topological polar surface area (TPSA) is 75.4 Å². The van der Waals surface area contributed by atoms with E-state index in [-0.39, 0.29) is 18.0 Å². The number of carbonyl (C=O) groups is 1. The van der Waals surface area contributed by atoms with Crippen molar-refractivity contribution in [2.24, 2.45) is 7.05 Å². The number of para-hydroxylation sites is 1. The zero-order valence-corrected chi connectivity index (χ0v) is 20.2. The average molecular weight is 473 g/mol. The van der Waals surface area contributed by atoms with Crippen LogP contribution < -0.4 is 10.9 Å². The maximum absolute atomic E-state index is 13.0. The van der Waals surface area contributed by atoms with Crippen LogP contribution in [0.2, 0.25) is 0 Å². The van der Waals surface area contributed by atoms with Gasteiger partial charge in [-0.05, 0) is 24.6 Å². The van der Waals surface area contributed by atoms with E-state index in [1.54, 1.807) is 6.20 Å².